The number of ether oxygens (including phenoxy) is 1. The zero-order chi connectivity index (χ0) is 12.4. The van der Waals surface area contributed by atoms with Gasteiger partial charge in [-0.1, -0.05) is 11.6 Å². The van der Waals surface area contributed by atoms with Gasteiger partial charge in [-0.3, -0.25) is 0 Å². The standard InChI is InChI=1S/C13H20N2O2S/c1-16-6-12-14-13(17-15-12)8-18-7-11-5-9-2-3-10(11)4-9/h9-11H,2-8H2,1H3/t9-,10-,11+/m0/s1. The molecule has 0 aliphatic heterocycles. The Balaban J connectivity index is 1.41. The molecule has 0 spiro atoms. The van der Waals surface area contributed by atoms with Crippen molar-refractivity contribution in [3.63, 3.8) is 0 Å². The van der Waals surface area contributed by atoms with Gasteiger partial charge in [0.1, 0.15) is 6.61 Å². The predicted molar refractivity (Wildman–Crippen MR) is 70.1 cm³/mol. The summed E-state index contributed by atoms with van der Waals surface area (Å²) in [6.45, 7) is 0.431. The summed E-state index contributed by atoms with van der Waals surface area (Å²) < 4.78 is 10.2. The molecule has 2 aliphatic carbocycles. The lowest BCUT2D eigenvalue weighted by molar-refractivity contribution is 0.174. The van der Waals surface area contributed by atoms with Gasteiger partial charge < -0.3 is 9.26 Å². The van der Waals surface area contributed by atoms with E-state index in [2.05, 4.69) is 10.1 Å². The Morgan fingerprint density at radius 3 is 3.06 bits per heavy atom. The molecule has 1 heterocycles. The van der Waals surface area contributed by atoms with Crippen LogP contribution in [0.25, 0.3) is 0 Å². The maximum atomic E-state index is 5.18. The van der Waals surface area contributed by atoms with E-state index >= 15 is 0 Å². The SMILES string of the molecule is COCc1noc(CSC[C@H]2C[C@H]3CC[C@H]2C3)n1. The first-order valence-electron chi connectivity index (χ1n) is 6.73. The third-order valence-electron chi connectivity index (χ3n) is 4.23. The predicted octanol–water partition coefficient (Wildman–Crippen LogP) is 2.89. The highest BCUT2D eigenvalue weighted by atomic mass is 32.2. The number of thioether (sulfide) groups is 1. The van der Waals surface area contributed by atoms with Crippen LogP contribution in [0, 0.1) is 17.8 Å². The summed E-state index contributed by atoms with van der Waals surface area (Å²) in [7, 11) is 1.64. The van der Waals surface area contributed by atoms with Gasteiger partial charge in [-0.2, -0.15) is 16.7 Å². The van der Waals surface area contributed by atoms with Crippen LogP contribution in [0.3, 0.4) is 0 Å². The summed E-state index contributed by atoms with van der Waals surface area (Å²) in [5.41, 5.74) is 0. The van der Waals surface area contributed by atoms with Gasteiger partial charge in [-0.15, -0.1) is 0 Å². The van der Waals surface area contributed by atoms with E-state index < -0.39 is 0 Å². The molecule has 5 heteroatoms. The average molecular weight is 268 g/mol. The van der Waals surface area contributed by atoms with Gasteiger partial charge in [0, 0.05) is 7.11 Å². The minimum Gasteiger partial charge on any atom is -0.377 e. The van der Waals surface area contributed by atoms with Gasteiger partial charge >= 0.3 is 0 Å². The highest BCUT2D eigenvalue weighted by molar-refractivity contribution is 7.98. The van der Waals surface area contributed by atoms with Gasteiger partial charge in [0.15, 0.2) is 5.82 Å². The van der Waals surface area contributed by atoms with E-state index in [0.29, 0.717) is 12.4 Å². The molecular weight excluding hydrogens is 248 g/mol. The minimum atomic E-state index is 0.431. The Morgan fingerprint density at radius 2 is 2.33 bits per heavy atom. The number of nitrogens with zero attached hydrogens (tertiary/aromatic N) is 2. The molecule has 2 fully saturated rings. The zero-order valence-electron chi connectivity index (χ0n) is 10.8. The molecule has 3 rings (SSSR count). The third kappa shape index (κ3) is 2.72. The zero-order valence-corrected chi connectivity index (χ0v) is 11.6. The van der Waals surface area contributed by atoms with E-state index in [9.17, 15) is 0 Å². The third-order valence-corrected chi connectivity index (χ3v) is 5.34. The van der Waals surface area contributed by atoms with E-state index in [1.807, 2.05) is 11.8 Å². The molecule has 0 N–H and O–H groups in total. The number of aromatic nitrogens is 2. The van der Waals surface area contributed by atoms with Crippen LogP contribution in [0.2, 0.25) is 0 Å². The van der Waals surface area contributed by atoms with E-state index in [1.165, 1.54) is 31.4 Å². The van der Waals surface area contributed by atoms with Gasteiger partial charge in [-0.25, -0.2) is 0 Å². The molecule has 0 radical (unpaired) electrons. The number of methoxy groups -OCH3 is 1. The Labute approximate surface area is 112 Å². The van der Waals surface area contributed by atoms with Crippen LogP contribution in [0.1, 0.15) is 37.4 Å². The van der Waals surface area contributed by atoms with Gasteiger partial charge in [0.05, 0.1) is 5.75 Å². The molecule has 4 nitrogen and oxygen atoms in total. The van der Waals surface area contributed by atoms with E-state index in [0.717, 1.165) is 29.4 Å². The molecule has 18 heavy (non-hydrogen) atoms. The Morgan fingerprint density at radius 1 is 1.39 bits per heavy atom. The minimum absolute atomic E-state index is 0.431. The number of hydrogen-bond acceptors (Lipinski definition) is 5. The molecule has 2 bridgehead atoms. The molecule has 0 aromatic carbocycles. The molecule has 1 aromatic rings. The van der Waals surface area contributed by atoms with Crippen molar-refractivity contribution in [1.82, 2.24) is 10.1 Å². The number of rotatable bonds is 6. The van der Waals surface area contributed by atoms with Crippen LogP contribution in [-0.4, -0.2) is 23.0 Å². The van der Waals surface area contributed by atoms with Crippen LogP contribution in [0.15, 0.2) is 4.52 Å². The largest absolute Gasteiger partial charge is 0.377 e. The topological polar surface area (TPSA) is 48.2 Å². The van der Waals surface area contributed by atoms with E-state index in [-0.39, 0.29) is 0 Å². The number of hydrogen-bond donors (Lipinski definition) is 0. The summed E-state index contributed by atoms with van der Waals surface area (Å²) >= 11 is 1.94. The average Bonchev–Trinajstić information content (AvgIpc) is 3.06. The first-order chi connectivity index (χ1) is 8.85. The second-order valence-corrected chi connectivity index (χ2v) is 6.52. The van der Waals surface area contributed by atoms with Crippen LogP contribution >= 0.6 is 11.8 Å². The fourth-order valence-electron chi connectivity index (χ4n) is 3.41. The lowest BCUT2D eigenvalue weighted by Gasteiger charge is -2.20. The van der Waals surface area contributed by atoms with Crippen LogP contribution in [-0.2, 0) is 17.1 Å². The van der Waals surface area contributed by atoms with Crippen LogP contribution < -0.4 is 0 Å². The lowest BCUT2D eigenvalue weighted by Crippen LogP contribution is -2.12. The fraction of sp³-hybridized carbons (Fsp3) is 0.846. The van der Waals surface area contributed by atoms with Crippen molar-refractivity contribution in [2.45, 2.75) is 38.0 Å². The molecule has 2 aliphatic rings. The van der Waals surface area contributed by atoms with Crippen molar-refractivity contribution in [2.75, 3.05) is 12.9 Å². The first kappa shape index (κ1) is 12.5. The Hall–Kier alpha value is -0.550. The maximum absolute atomic E-state index is 5.18. The fourth-order valence-corrected chi connectivity index (χ4v) is 4.54. The molecule has 1 aromatic heterocycles. The molecule has 0 amide bonds. The first-order valence-corrected chi connectivity index (χ1v) is 7.88. The van der Waals surface area contributed by atoms with Gasteiger partial charge in [-0.05, 0) is 42.8 Å². The van der Waals surface area contributed by atoms with Crippen molar-refractivity contribution in [3.8, 4) is 0 Å². The summed E-state index contributed by atoms with van der Waals surface area (Å²) in [4.78, 5) is 4.29. The van der Waals surface area contributed by atoms with Crippen molar-refractivity contribution >= 4 is 11.8 Å². The van der Waals surface area contributed by atoms with Crippen LogP contribution in [0.5, 0.6) is 0 Å². The van der Waals surface area contributed by atoms with Crippen molar-refractivity contribution in [1.29, 1.82) is 0 Å². The van der Waals surface area contributed by atoms with Crippen LogP contribution in [0.4, 0.5) is 0 Å². The molecule has 100 valence electrons. The monoisotopic (exact) mass is 268 g/mol. The lowest BCUT2D eigenvalue weighted by atomic mass is 9.90. The smallest absolute Gasteiger partial charge is 0.236 e. The normalized spacial score (nSPS) is 30.2. The Kier molecular flexibility index (Phi) is 3.89. The van der Waals surface area contributed by atoms with Gasteiger partial charge in [0.25, 0.3) is 0 Å². The molecule has 3 atom stereocenters. The maximum Gasteiger partial charge on any atom is 0.236 e. The van der Waals surface area contributed by atoms with Crippen molar-refractivity contribution in [2.24, 2.45) is 17.8 Å². The van der Waals surface area contributed by atoms with E-state index in [1.54, 1.807) is 7.11 Å². The summed E-state index contributed by atoms with van der Waals surface area (Å²) in [6.07, 6.45) is 5.89. The van der Waals surface area contributed by atoms with E-state index in [4.69, 9.17) is 9.26 Å². The molecular formula is C13H20N2O2S. The van der Waals surface area contributed by atoms with Crippen molar-refractivity contribution in [3.05, 3.63) is 11.7 Å². The van der Waals surface area contributed by atoms with Crippen molar-refractivity contribution < 1.29 is 9.26 Å². The second kappa shape index (κ2) is 5.61. The second-order valence-electron chi connectivity index (χ2n) is 5.49. The molecule has 0 unspecified atom stereocenters. The number of fused-ring (bicyclic) bond motifs is 2. The molecule has 2 saturated carbocycles. The summed E-state index contributed by atoms with van der Waals surface area (Å²) in [6, 6.07) is 0. The summed E-state index contributed by atoms with van der Waals surface area (Å²) in [5, 5.41) is 3.87. The quantitative estimate of drug-likeness (QED) is 0.794. The summed E-state index contributed by atoms with van der Waals surface area (Å²) in [5.74, 6) is 6.46. The highest BCUT2D eigenvalue weighted by Crippen LogP contribution is 2.49. The molecule has 0 saturated heterocycles. The van der Waals surface area contributed by atoms with Gasteiger partial charge in [0.2, 0.25) is 5.89 Å². The highest BCUT2D eigenvalue weighted by Gasteiger charge is 2.38. The Bertz CT molecular complexity index is 396.